The fraction of sp³-hybridized carbons (Fsp3) is 0.417. The summed E-state index contributed by atoms with van der Waals surface area (Å²) in [5.41, 5.74) is 0.962. The number of anilines is 1. The van der Waals surface area contributed by atoms with Crippen LogP contribution in [0.5, 0.6) is 11.6 Å². The highest BCUT2D eigenvalue weighted by Gasteiger charge is 2.16. The van der Waals surface area contributed by atoms with E-state index in [1.807, 2.05) is 14.1 Å². The van der Waals surface area contributed by atoms with Crippen LogP contribution in [0.2, 0.25) is 0 Å². The third kappa shape index (κ3) is 2.42. The van der Waals surface area contributed by atoms with Crippen LogP contribution in [0.15, 0.2) is 18.7 Å². The fourth-order valence-electron chi connectivity index (χ4n) is 1.74. The molecule has 0 saturated heterocycles. The van der Waals surface area contributed by atoms with Crippen molar-refractivity contribution in [3.63, 3.8) is 0 Å². The number of aryl methyl sites for hydroxylation is 1. The topological polar surface area (TPSA) is 64.9 Å². The van der Waals surface area contributed by atoms with Crippen LogP contribution < -0.4 is 10.1 Å². The molecule has 0 aromatic carbocycles. The van der Waals surface area contributed by atoms with E-state index < -0.39 is 0 Å². The van der Waals surface area contributed by atoms with Crippen molar-refractivity contribution in [3.05, 3.63) is 24.3 Å². The molecule has 0 aliphatic rings. The van der Waals surface area contributed by atoms with Gasteiger partial charge in [0, 0.05) is 14.1 Å². The molecule has 2 heterocycles. The maximum Gasteiger partial charge on any atom is 0.228 e. The summed E-state index contributed by atoms with van der Waals surface area (Å²) in [6, 6.07) is 0. The lowest BCUT2D eigenvalue weighted by Crippen LogP contribution is -2.04. The van der Waals surface area contributed by atoms with Gasteiger partial charge < -0.3 is 10.1 Å². The van der Waals surface area contributed by atoms with E-state index in [9.17, 15) is 0 Å². The van der Waals surface area contributed by atoms with Gasteiger partial charge in [0.1, 0.15) is 12.1 Å². The minimum absolute atomic E-state index is 0.264. The van der Waals surface area contributed by atoms with E-state index in [2.05, 4.69) is 34.2 Å². The average molecular weight is 247 g/mol. The number of nitrogens with zero attached hydrogens (tertiary/aromatic N) is 4. The molecule has 0 radical (unpaired) electrons. The molecule has 0 aliphatic heterocycles. The Morgan fingerprint density at radius 3 is 2.67 bits per heavy atom. The number of aromatic nitrogens is 4. The van der Waals surface area contributed by atoms with Crippen LogP contribution in [0, 0.1) is 0 Å². The summed E-state index contributed by atoms with van der Waals surface area (Å²) >= 11 is 0. The van der Waals surface area contributed by atoms with Gasteiger partial charge in [-0.05, 0) is 5.92 Å². The molecule has 2 aromatic rings. The van der Waals surface area contributed by atoms with Gasteiger partial charge in [0.15, 0.2) is 5.75 Å². The molecule has 0 aliphatic carbocycles. The molecule has 18 heavy (non-hydrogen) atoms. The third-order valence-corrected chi connectivity index (χ3v) is 2.56. The number of hydrogen-bond donors (Lipinski definition) is 1. The van der Waals surface area contributed by atoms with Crippen molar-refractivity contribution < 1.29 is 4.74 Å². The minimum Gasteiger partial charge on any atom is -0.435 e. The second-order valence-electron chi connectivity index (χ2n) is 4.30. The Hall–Kier alpha value is -2.11. The van der Waals surface area contributed by atoms with E-state index >= 15 is 0 Å². The Balaban J connectivity index is 2.37. The Kier molecular flexibility index (Phi) is 3.45. The molecule has 0 saturated carbocycles. The zero-order valence-electron chi connectivity index (χ0n) is 11.0. The number of rotatable bonds is 4. The minimum atomic E-state index is 0.264. The van der Waals surface area contributed by atoms with Crippen LogP contribution in [0.1, 0.15) is 25.3 Å². The zero-order valence-corrected chi connectivity index (χ0v) is 11.0. The highest BCUT2D eigenvalue weighted by atomic mass is 16.5. The highest BCUT2D eigenvalue weighted by molar-refractivity contribution is 5.50. The Morgan fingerprint density at radius 2 is 2.11 bits per heavy atom. The summed E-state index contributed by atoms with van der Waals surface area (Å²) in [6.45, 7) is 4.16. The van der Waals surface area contributed by atoms with Gasteiger partial charge in [-0.3, -0.25) is 4.68 Å². The molecule has 0 atom stereocenters. The molecule has 96 valence electrons. The maximum absolute atomic E-state index is 5.76. The van der Waals surface area contributed by atoms with E-state index in [-0.39, 0.29) is 5.92 Å². The van der Waals surface area contributed by atoms with Gasteiger partial charge in [-0.15, -0.1) is 0 Å². The number of hydrogen-bond acceptors (Lipinski definition) is 5. The first-order valence-electron chi connectivity index (χ1n) is 5.81. The van der Waals surface area contributed by atoms with Crippen molar-refractivity contribution in [1.29, 1.82) is 0 Å². The quantitative estimate of drug-likeness (QED) is 0.897. The molecule has 2 aromatic heterocycles. The van der Waals surface area contributed by atoms with E-state index in [1.54, 1.807) is 17.1 Å². The maximum atomic E-state index is 5.76. The van der Waals surface area contributed by atoms with Crippen LogP contribution in [-0.4, -0.2) is 26.8 Å². The van der Waals surface area contributed by atoms with Crippen molar-refractivity contribution in [1.82, 2.24) is 19.7 Å². The molecule has 0 spiro atoms. The number of nitrogens with one attached hydrogen (secondary N) is 1. The number of ether oxygens (including phenoxy) is 1. The van der Waals surface area contributed by atoms with Gasteiger partial charge >= 0.3 is 0 Å². The van der Waals surface area contributed by atoms with Crippen LogP contribution in [0.25, 0.3) is 0 Å². The fourth-order valence-corrected chi connectivity index (χ4v) is 1.74. The van der Waals surface area contributed by atoms with Crippen molar-refractivity contribution in [3.8, 4) is 11.6 Å². The molecule has 2 rings (SSSR count). The highest BCUT2D eigenvalue weighted by Crippen LogP contribution is 2.32. The lowest BCUT2D eigenvalue weighted by atomic mass is 10.1. The molecular weight excluding hydrogens is 230 g/mol. The molecule has 6 heteroatoms. The van der Waals surface area contributed by atoms with Crippen molar-refractivity contribution in [2.24, 2.45) is 7.05 Å². The summed E-state index contributed by atoms with van der Waals surface area (Å²) in [6.07, 6.45) is 4.94. The second kappa shape index (κ2) is 5.03. The van der Waals surface area contributed by atoms with E-state index in [0.29, 0.717) is 11.6 Å². The van der Waals surface area contributed by atoms with Crippen molar-refractivity contribution in [2.75, 3.05) is 12.4 Å². The summed E-state index contributed by atoms with van der Waals surface area (Å²) in [7, 11) is 3.68. The summed E-state index contributed by atoms with van der Waals surface area (Å²) in [4.78, 5) is 8.41. The van der Waals surface area contributed by atoms with E-state index in [1.165, 1.54) is 6.33 Å². The van der Waals surface area contributed by atoms with E-state index in [0.717, 1.165) is 11.4 Å². The molecule has 0 unspecified atom stereocenters. The second-order valence-corrected chi connectivity index (χ2v) is 4.30. The Bertz CT molecular complexity index is 535. The van der Waals surface area contributed by atoms with Gasteiger partial charge in [-0.1, -0.05) is 13.8 Å². The largest absolute Gasteiger partial charge is 0.435 e. The summed E-state index contributed by atoms with van der Waals surface area (Å²) in [5.74, 6) is 2.29. The third-order valence-electron chi connectivity index (χ3n) is 2.56. The average Bonchev–Trinajstić information content (AvgIpc) is 2.74. The standard InChI is InChI=1S/C12H17N5O/c1-8(2)10-11(13-3)14-7-15-12(10)18-9-5-16-17(4)6-9/h5-8H,1-4H3,(H,13,14,15). The van der Waals surface area contributed by atoms with Crippen LogP contribution in [0.4, 0.5) is 5.82 Å². The van der Waals surface area contributed by atoms with Crippen molar-refractivity contribution in [2.45, 2.75) is 19.8 Å². The first-order valence-corrected chi connectivity index (χ1v) is 5.81. The Labute approximate surface area is 106 Å². The molecule has 6 nitrogen and oxygen atoms in total. The van der Waals surface area contributed by atoms with Gasteiger partial charge in [0.2, 0.25) is 5.88 Å². The zero-order chi connectivity index (χ0) is 13.1. The first-order chi connectivity index (χ1) is 8.61. The van der Waals surface area contributed by atoms with Crippen LogP contribution >= 0.6 is 0 Å². The predicted octanol–water partition coefficient (Wildman–Crippen LogP) is 2.17. The molecule has 0 fully saturated rings. The summed E-state index contributed by atoms with van der Waals surface area (Å²) in [5, 5.41) is 7.12. The predicted molar refractivity (Wildman–Crippen MR) is 68.9 cm³/mol. The van der Waals surface area contributed by atoms with E-state index in [4.69, 9.17) is 4.74 Å². The lowest BCUT2D eigenvalue weighted by molar-refractivity contribution is 0.451. The monoisotopic (exact) mass is 247 g/mol. The van der Waals surface area contributed by atoms with Gasteiger partial charge in [-0.2, -0.15) is 5.10 Å². The van der Waals surface area contributed by atoms with Crippen LogP contribution in [0.3, 0.4) is 0 Å². The van der Waals surface area contributed by atoms with Gasteiger partial charge in [0.05, 0.1) is 18.0 Å². The Morgan fingerprint density at radius 1 is 1.33 bits per heavy atom. The molecule has 0 bridgehead atoms. The summed E-state index contributed by atoms with van der Waals surface area (Å²) < 4.78 is 7.44. The normalized spacial score (nSPS) is 10.7. The van der Waals surface area contributed by atoms with Gasteiger partial charge in [0.25, 0.3) is 0 Å². The molecule has 1 N–H and O–H groups in total. The van der Waals surface area contributed by atoms with Crippen molar-refractivity contribution >= 4 is 5.82 Å². The van der Waals surface area contributed by atoms with Crippen LogP contribution in [-0.2, 0) is 7.05 Å². The smallest absolute Gasteiger partial charge is 0.228 e. The molecule has 0 amide bonds. The van der Waals surface area contributed by atoms with Gasteiger partial charge in [-0.25, -0.2) is 9.97 Å². The molecular formula is C12H17N5O. The first kappa shape index (κ1) is 12.3. The SMILES string of the molecule is CNc1ncnc(Oc2cnn(C)c2)c1C(C)C. The lowest BCUT2D eigenvalue weighted by Gasteiger charge is -2.14.